The summed E-state index contributed by atoms with van der Waals surface area (Å²) in [7, 11) is -0.961. The minimum atomic E-state index is -0.961. The van der Waals surface area contributed by atoms with Crippen LogP contribution in [-0.2, 0) is 16.1 Å². The molecule has 0 aromatic heterocycles. The third kappa shape index (κ3) is 1.95. The molecule has 0 spiro atoms. The van der Waals surface area contributed by atoms with Crippen molar-refractivity contribution >= 4 is 24.2 Å². The molecule has 78 valence electrons. The molecular weight excluding hydrogens is 197 g/mol. The van der Waals surface area contributed by atoms with Crippen molar-refractivity contribution in [2.45, 2.75) is 6.61 Å². The number of carbonyl (C=O) groups is 1. The summed E-state index contributed by atoms with van der Waals surface area (Å²) in [5.41, 5.74) is 2.14. The highest BCUT2D eigenvalue weighted by molar-refractivity contribution is 6.63. The van der Waals surface area contributed by atoms with Crippen LogP contribution in [0.3, 0.4) is 0 Å². The third-order valence-corrected chi connectivity index (χ3v) is 2.27. The average Bonchev–Trinajstić information content (AvgIpc) is 2.58. The molecule has 0 aliphatic carbocycles. The number of fused-ring (bicyclic) bond motifs is 1. The topological polar surface area (TPSA) is 78.8 Å². The number of anilines is 1. The van der Waals surface area contributed by atoms with Crippen molar-refractivity contribution < 1.29 is 19.6 Å². The molecule has 0 saturated heterocycles. The van der Waals surface area contributed by atoms with Crippen LogP contribution in [0.5, 0.6) is 0 Å². The molecule has 0 radical (unpaired) electrons. The Morgan fingerprint density at radius 2 is 2.40 bits per heavy atom. The Morgan fingerprint density at radius 1 is 1.60 bits per heavy atom. The van der Waals surface area contributed by atoms with Gasteiger partial charge in [-0.25, -0.2) is 0 Å². The number of aliphatic carboxylic acids is 1. The van der Waals surface area contributed by atoms with E-state index in [1.54, 1.807) is 12.1 Å². The molecule has 5 nitrogen and oxygen atoms in total. The quantitative estimate of drug-likeness (QED) is 0.577. The van der Waals surface area contributed by atoms with Gasteiger partial charge in [0.1, 0.15) is 6.54 Å². The standard InChI is InChI=1S/C9H10BNO4/c12-8(13)4-11-7-3-1-2-6-5-15-10(14)9(6)7/h1-3,11,14H,4-5H2,(H,12,13). The molecule has 0 unspecified atom stereocenters. The normalized spacial score (nSPS) is 13.8. The van der Waals surface area contributed by atoms with Crippen LogP contribution in [0, 0.1) is 0 Å². The van der Waals surface area contributed by atoms with Crippen LogP contribution in [0.25, 0.3) is 0 Å². The van der Waals surface area contributed by atoms with Crippen molar-refractivity contribution in [3.05, 3.63) is 23.8 Å². The highest BCUT2D eigenvalue weighted by Crippen LogP contribution is 2.15. The van der Waals surface area contributed by atoms with E-state index in [1.165, 1.54) is 0 Å². The monoisotopic (exact) mass is 207 g/mol. The van der Waals surface area contributed by atoms with Crippen molar-refractivity contribution in [1.82, 2.24) is 0 Å². The lowest BCUT2D eigenvalue weighted by Gasteiger charge is -2.08. The maximum atomic E-state index is 10.4. The summed E-state index contributed by atoms with van der Waals surface area (Å²) < 4.78 is 5.04. The Kier molecular flexibility index (Phi) is 2.61. The predicted molar refractivity (Wildman–Crippen MR) is 55.0 cm³/mol. The Balaban J connectivity index is 2.24. The fourth-order valence-electron chi connectivity index (χ4n) is 1.61. The molecule has 0 bridgehead atoms. The number of nitrogens with one attached hydrogen (secondary N) is 1. The summed E-state index contributed by atoms with van der Waals surface area (Å²) in [6, 6.07) is 5.36. The van der Waals surface area contributed by atoms with Gasteiger partial charge >= 0.3 is 13.1 Å². The molecule has 0 amide bonds. The first kappa shape index (κ1) is 10.0. The second-order valence-corrected chi connectivity index (χ2v) is 3.29. The van der Waals surface area contributed by atoms with Crippen LogP contribution in [0.2, 0.25) is 0 Å². The fraction of sp³-hybridized carbons (Fsp3) is 0.222. The Bertz CT molecular complexity index is 396. The molecule has 1 aromatic carbocycles. The lowest BCUT2D eigenvalue weighted by atomic mass is 9.78. The van der Waals surface area contributed by atoms with Crippen LogP contribution < -0.4 is 10.8 Å². The second kappa shape index (κ2) is 3.92. The largest absolute Gasteiger partial charge is 0.493 e. The van der Waals surface area contributed by atoms with E-state index in [9.17, 15) is 9.82 Å². The maximum Gasteiger partial charge on any atom is 0.493 e. The third-order valence-electron chi connectivity index (χ3n) is 2.27. The highest BCUT2D eigenvalue weighted by atomic mass is 16.5. The van der Waals surface area contributed by atoms with Gasteiger partial charge in [0.25, 0.3) is 0 Å². The zero-order valence-corrected chi connectivity index (χ0v) is 7.93. The molecule has 1 aliphatic heterocycles. The van der Waals surface area contributed by atoms with Gasteiger partial charge < -0.3 is 20.1 Å². The van der Waals surface area contributed by atoms with Crippen molar-refractivity contribution in [3.63, 3.8) is 0 Å². The molecule has 0 saturated carbocycles. The minimum absolute atomic E-state index is 0.177. The average molecular weight is 207 g/mol. The van der Waals surface area contributed by atoms with Crippen LogP contribution >= 0.6 is 0 Å². The van der Waals surface area contributed by atoms with E-state index < -0.39 is 13.1 Å². The first-order valence-corrected chi connectivity index (χ1v) is 4.55. The molecular formula is C9H10BNO4. The van der Waals surface area contributed by atoms with E-state index >= 15 is 0 Å². The number of benzene rings is 1. The number of carboxylic acids is 1. The van der Waals surface area contributed by atoms with E-state index in [-0.39, 0.29) is 6.54 Å². The zero-order chi connectivity index (χ0) is 10.8. The molecule has 6 heteroatoms. The predicted octanol–water partition coefficient (Wildman–Crippen LogP) is -0.599. The lowest BCUT2D eigenvalue weighted by Crippen LogP contribution is -2.31. The van der Waals surface area contributed by atoms with Crippen LogP contribution in [0.15, 0.2) is 18.2 Å². The Morgan fingerprint density at radius 3 is 3.13 bits per heavy atom. The van der Waals surface area contributed by atoms with Crippen molar-refractivity contribution in [2.75, 3.05) is 11.9 Å². The number of hydrogen-bond acceptors (Lipinski definition) is 4. The van der Waals surface area contributed by atoms with Crippen LogP contribution in [0.4, 0.5) is 5.69 Å². The highest BCUT2D eigenvalue weighted by Gasteiger charge is 2.29. The van der Waals surface area contributed by atoms with Gasteiger partial charge in [0.05, 0.1) is 6.61 Å². The minimum Gasteiger partial charge on any atom is -0.480 e. The van der Waals surface area contributed by atoms with E-state index in [4.69, 9.17) is 9.76 Å². The maximum absolute atomic E-state index is 10.4. The number of carboxylic acid groups (broad SMARTS) is 1. The van der Waals surface area contributed by atoms with Gasteiger partial charge in [0.2, 0.25) is 0 Å². The Hall–Kier alpha value is -1.53. The molecule has 1 aliphatic rings. The summed E-state index contributed by atoms with van der Waals surface area (Å²) in [4.78, 5) is 10.4. The smallest absolute Gasteiger partial charge is 0.480 e. The SMILES string of the molecule is O=C(O)CNc1cccc2c1B(O)OC2. The Labute approximate surface area is 86.8 Å². The number of rotatable bonds is 3. The molecule has 15 heavy (non-hydrogen) atoms. The van der Waals surface area contributed by atoms with Gasteiger partial charge in [0.15, 0.2) is 0 Å². The number of hydrogen-bond donors (Lipinski definition) is 3. The van der Waals surface area contributed by atoms with E-state index in [0.29, 0.717) is 17.8 Å². The van der Waals surface area contributed by atoms with Gasteiger partial charge in [-0.3, -0.25) is 4.79 Å². The van der Waals surface area contributed by atoms with Gasteiger partial charge in [0, 0.05) is 11.2 Å². The summed E-state index contributed by atoms with van der Waals surface area (Å²) in [6.45, 7) is 0.183. The molecule has 2 rings (SSSR count). The molecule has 3 N–H and O–H groups in total. The van der Waals surface area contributed by atoms with Crippen molar-refractivity contribution in [2.24, 2.45) is 0 Å². The van der Waals surface area contributed by atoms with E-state index in [1.807, 2.05) is 6.07 Å². The summed E-state index contributed by atoms with van der Waals surface area (Å²) in [5, 5.41) is 20.8. The summed E-state index contributed by atoms with van der Waals surface area (Å²) in [5.74, 6) is -0.944. The van der Waals surface area contributed by atoms with Crippen LogP contribution in [0.1, 0.15) is 5.56 Å². The van der Waals surface area contributed by atoms with Gasteiger partial charge in [-0.2, -0.15) is 0 Å². The summed E-state index contributed by atoms with van der Waals surface area (Å²) >= 11 is 0. The molecule has 0 atom stereocenters. The van der Waals surface area contributed by atoms with E-state index in [0.717, 1.165) is 5.56 Å². The van der Waals surface area contributed by atoms with Gasteiger partial charge in [-0.1, -0.05) is 12.1 Å². The first-order chi connectivity index (χ1) is 7.18. The van der Waals surface area contributed by atoms with Crippen LogP contribution in [-0.4, -0.2) is 29.8 Å². The molecule has 0 fully saturated rings. The van der Waals surface area contributed by atoms with E-state index in [2.05, 4.69) is 5.32 Å². The van der Waals surface area contributed by atoms with Crippen molar-refractivity contribution in [3.8, 4) is 0 Å². The fourth-order valence-corrected chi connectivity index (χ4v) is 1.61. The second-order valence-electron chi connectivity index (χ2n) is 3.29. The van der Waals surface area contributed by atoms with Crippen molar-refractivity contribution in [1.29, 1.82) is 0 Å². The first-order valence-electron chi connectivity index (χ1n) is 4.55. The molecule has 1 aromatic rings. The van der Waals surface area contributed by atoms with Gasteiger partial charge in [-0.05, 0) is 11.6 Å². The summed E-state index contributed by atoms with van der Waals surface area (Å²) in [6.07, 6.45) is 0. The zero-order valence-electron chi connectivity index (χ0n) is 7.93. The van der Waals surface area contributed by atoms with Gasteiger partial charge in [-0.15, -0.1) is 0 Å². The lowest BCUT2D eigenvalue weighted by molar-refractivity contribution is -0.134. The molecule has 1 heterocycles.